The minimum absolute atomic E-state index is 0.115. The number of hydrogen-bond donors (Lipinski definition) is 3. The van der Waals surface area contributed by atoms with Gasteiger partial charge in [0.05, 0.1) is 13.2 Å². The highest BCUT2D eigenvalue weighted by atomic mass is 16.3. The molecule has 11 heavy (non-hydrogen) atoms. The number of nitrogens with two attached hydrogens (primary N) is 1. The molecular weight excluding hydrogens is 144 g/mol. The molecule has 4 heteroatoms. The fourth-order valence-corrected chi connectivity index (χ4v) is 0.959. The molecule has 1 unspecified atom stereocenters. The first-order valence-electron chi connectivity index (χ1n) is 3.92. The lowest BCUT2D eigenvalue weighted by molar-refractivity contribution is 0.131. The summed E-state index contributed by atoms with van der Waals surface area (Å²) < 4.78 is 0. The van der Waals surface area contributed by atoms with Crippen LogP contribution < -0.4 is 5.73 Å². The highest BCUT2D eigenvalue weighted by Gasteiger charge is 2.09. The van der Waals surface area contributed by atoms with Crippen molar-refractivity contribution in [3.05, 3.63) is 0 Å². The maximum Gasteiger partial charge on any atom is 0.0558 e. The molecule has 0 amide bonds. The standard InChI is InChI=1S/C7H18N2O2/c1-7(6-8)9(2-4-10)3-5-11/h7,10-11H,2-6,8H2,1H3. The van der Waals surface area contributed by atoms with E-state index in [4.69, 9.17) is 15.9 Å². The van der Waals surface area contributed by atoms with E-state index in [-0.39, 0.29) is 19.3 Å². The summed E-state index contributed by atoms with van der Waals surface area (Å²) in [6.45, 7) is 3.93. The Balaban J connectivity index is 3.66. The molecule has 0 aromatic carbocycles. The van der Waals surface area contributed by atoms with Crippen LogP contribution in [0.2, 0.25) is 0 Å². The first-order valence-corrected chi connectivity index (χ1v) is 3.92. The second kappa shape index (κ2) is 6.54. The number of hydrogen-bond acceptors (Lipinski definition) is 4. The summed E-state index contributed by atoms with van der Waals surface area (Å²) in [6, 6.07) is 0.231. The van der Waals surface area contributed by atoms with Crippen molar-refractivity contribution < 1.29 is 10.2 Å². The van der Waals surface area contributed by atoms with E-state index in [2.05, 4.69) is 0 Å². The van der Waals surface area contributed by atoms with Crippen LogP contribution in [-0.2, 0) is 0 Å². The lowest BCUT2D eigenvalue weighted by Gasteiger charge is -2.26. The zero-order chi connectivity index (χ0) is 8.69. The largest absolute Gasteiger partial charge is 0.395 e. The Morgan fingerprint density at radius 3 is 2.00 bits per heavy atom. The van der Waals surface area contributed by atoms with Gasteiger partial charge in [-0.2, -0.15) is 0 Å². The van der Waals surface area contributed by atoms with Gasteiger partial charge in [-0.1, -0.05) is 0 Å². The zero-order valence-corrected chi connectivity index (χ0v) is 7.03. The van der Waals surface area contributed by atoms with E-state index in [0.29, 0.717) is 19.6 Å². The Morgan fingerprint density at radius 1 is 1.27 bits per heavy atom. The van der Waals surface area contributed by atoms with Crippen LogP contribution in [0.25, 0.3) is 0 Å². The van der Waals surface area contributed by atoms with Crippen LogP contribution in [-0.4, -0.2) is 54.0 Å². The number of rotatable bonds is 6. The zero-order valence-electron chi connectivity index (χ0n) is 7.03. The third-order valence-corrected chi connectivity index (χ3v) is 1.74. The van der Waals surface area contributed by atoms with Gasteiger partial charge in [-0.25, -0.2) is 0 Å². The summed E-state index contributed by atoms with van der Waals surface area (Å²) in [5, 5.41) is 17.3. The first-order chi connectivity index (χ1) is 5.26. The van der Waals surface area contributed by atoms with Gasteiger partial charge >= 0.3 is 0 Å². The van der Waals surface area contributed by atoms with Crippen LogP contribution in [0.3, 0.4) is 0 Å². The highest BCUT2D eigenvalue weighted by Crippen LogP contribution is 1.94. The van der Waals surface area contributed by atoms with Gasteiger partial charge in [0.25, 0.3) is 0 Å². The molecule has 0 radical (unpaired) electrons. The van der Waals surface area contributed by atoms with Gasteiger partial charge in [-0.15, -0.1) is 0 Å². The second-order valence-corrected chi connectivity index (χ2v) is 2.57. The fraction of sp³-hybridized carbons (Fsp3) is 1.00. The maximum absolute atomic E-state index is 8.64. The van der Waals surface area contributed by atoms with Crippen LogP contribution in [0.1, 0.15) is 6.92 Å². The molecule has 0 heterocycles. The van der Waals surface area contributed by atoms with E-state index in [1.54, 1.807) is 0 Å². The molecule has 0 aliphatic carbocycles. The second-order valence-electron chi connectivity index (χ2n) is 2.57. The van der Waals surface area contributed by atoms with Crippen LogP contribution in [0.15, 0.2) is 0 Å². The van der Waals surface area contributed by atoms with E-state index in [0.717, 1.165) is 0 Å². The van der Waals surface area contributed by atoms with Crippen molar-refractivity contribution in [1.82, 2.24) is 4.90 Å². The van der Waals surface area contributed by atoms with Crippen molar-refractivity contribution in [3.8, 4) is 0 Å². The molecule has 0 aromatic rings. The molecular formula is C7H18N2O2. The Labute approximate surface area is 67.6 Å². The predicted molar refractivity (Wildman–Crippen MR) is 44.3 cm³/mol. The summed E-state index contributed by atoms with van der Waals surface area (Å²) in [7, 11) is 0. The third-order valence-electron chi connectivity index (χ3n) is 1.74. The normalized spacial score (nSPS) is 13.9. The molecule has 1 atom stereocenters. The summed E-state index contributed by atoms with van der Waals surface area (Å²) >= 11 is 0. The molecule has 68 valence electrons. The topological polar surface area (TPSA) is 69.7 Å². The molecule has 0 saturated heterocycles. The van der Waals surface area contributed by atoms with Gasteiger partial charge in [0.1, 0.15) is 0 Å². The number of nitrogens with zero attached hydrogens (tertiary/aromatic N) is 1. The molecule has 4 N–H and O–H groups in total. The summed E-state index contributed by atoms with van der Waals surface area (Å²) in [5.74, 6) is 0. The average Bonchev–Trinajstić information content (AvgIpc) is 2.03. The summed E-state index contributed by atoms with van der Waals surface area (Å²) in [6.07, 6.45) is 0. The first kappa shape index (κ1) is 10.8. The van der Waals surface area contributed by atoms with Gasteiger partial charge in [0.2, 0.25) is 0 Å². The van der Waals surface area contributed by atoms with E-state index in [1.165, 1.54) is 0 Å². The van der Waals surface area contributed by atoms with Crippen LogP contribution in [0.5, 0.6) is 0 Å². The molecule has 0 aliphatic rings. The van der Waals surface area contributed by atoms with Crippen LogP contribution >= 0.6 is 0 Å². The van der Waals surface area contributed by atoms with Gasteiger partial charge in [-0.05, 0) is 6.92 Å². The quantitative estimate of drug-likeness (QED) is 0.450. The minimum Gasteiger partial charge on any atom is -0.395 e. The Kier molecular flexibility index (Phi) is 6.45. The number of aliphatic hydroxyl groups is 2. The molecule has 0 spiro atoms. The molecule has 0 aromatic heterocycles. The van der Waals surface area contributed by atoms with Crippen molar-refractivity contribution in [1.29, 1.82) is 0 Å². The Hall–Kier alpha value is -0.160. The van der Waals surface area contributed by atoms with Crippen LogP contribution in [0.4, 0.5) is 0 Å². The highest BCUT2D eigenvalue weighted by molar-refractivity contribution is 4.66. The predicted octanol–water partition coefficient (Wildman–Crippen LogP) is -1.38. The summed E-state index contributed by atoms with van der Waals surface area (Å²) in [4.78, 5) is 1.96. The molecule has 0 aliphatic heterocycles. The monoisotopic (exact) mass is 162 g/mol. The molecule has 0 saturated carbocycles. The third kappa shape index (κ3) is 4.31. The van der Waals surface area contributed by atoms with Gasteiger partial charge in [0, 0.05) is 25.7 Å². The van der Waals surface area contributed by atoms with Gasteiger partial charge < -0.3 is 15.9 Å². The molecule has 0 fully saturated rings. The fourth-order valence-electron chi connectivity index (χ4n) is 0.959. The van der Waals surface area contributed by atoms with E-state index in [1.807, 2.05) is 11.8 Å². The van der Waals surface area contributed by atoms with Crippen LogP contribution in [0, 0.1) is 0 Å². The van der Waals surface area contributed by atoms with E-state index >= 15 is 0 Å². The SMILES string of the molecule is CC(CN)N(CCO)CCO. The maximum atomic E-state index is 8.64. The van der Waals surface area contributed by atoms with Crippen molar-refractivity contribution in [2.45, 2.75) is 13.0 Å². The van der Waals surface area contributed by atoms with Crippen molar-refractivity contribution in [2.24, 2.45) is 5.73 Å². The van der Waals surface area contributed by atoms with Gasteiger partial charge in [-0.3, -0.25) is 4.90 Å². The Bertz CT molecular complexity index is 84.5. The average molecular weight is 162 g/mol. The Morgan fingerprint density at radius 2 is 1.73 bits per heavy atom. The van der Waals surface area contributed by atoms with E-state index in [9.17, 15) is 0 Å². The van der Waals surface area contributed by atoms with Crippen molar-refractivity contribution >= 4 is 0 Å². The molecule has 0 rings (SSSR count). The lowest BCUT2D eigenvalue weighted by atomic mass is 10.3. The van der Waals surface area contributed by atoms with Gasteiger partial charge in [0.15, 0.2) is 0 Å². The summed E-state index contributed by atoms with van der Waals surface area (Å²) in [5.41, 5.74) is 5.43. The van der Waals surface area contributed by atoms with Crippen molar-refractivity contribution in [2.75, 3.05) is 32.8 Å². The van der Waals surface area contributed by atoms with Crippen molar-refractivity contribution in [3.63, 3.8) is 0 Å². The number of aliphatic hydroxyl groups excluding tert-OH is 2. The van der Waals surface area contributed by atoms with E-state index < -0.39 is 0 Å². The lowest BCUT2D eigenvalue weighted by Crippen LogP contribution is -2.41. The molecule has 4 nitrogen and oxygen atoms in total. The minimum atomic E-state index is 0.115. The molecule has 0 bridgehead atoms. The smallest absolute Gasteiger partial charge is 0.0558 e.